The van der Waals surface area contributed by atoms with Crippen LogP contribution in [0.1, 0.15) is 19.4 Å². The average Bonchev–Trinajstić information content (AvgIpc) is 3.58. The van der Waals surface area contributed by atoms with Gasteiger partial charge in [0, 0.05) is 24.7 Å². The molecule has 0 saturated carbocycles. The second-order valence-electron chi connectivity index (χ2n) is 8.73. The maximum Gasteiger partial charge on any atom is 0.405 e. The lowest BCUT2D eigenvalue weighted by molar-refractivity contribution is -0.123. The number of nitrogens with zero attached hydrogens (tertiary/aromatic N) is 5. The molecule has 1 N–H and O–H groups in total. The molecule has 1 aromatic carbocycles. The molecule has 1 aliphatic rings. The highest BCUT2D eigenvalue weighted by Crippen LogP contribution is 2.35. The summed E-state index contributed by atoms with van der Waals surface area (Å²) in [6.07, 6.45) is 0.740. The minimum Gasteiger partial charge on any atom is -0.329 e. The number of aromatic nitrogens is 4. The van der Waals surface area contributed by atoms with E-state index in [4.69, 9.17) is 0 Å². The first-order valence-corrected chi connectivity index (χ1v) is 12.8. The Morgan fingerprint density at radius 1 is 1.14 bits per heavy atom. The summed E-state index contributed by atoms with van der Waals surface area (Å²) in [5, 5.41) is 2.50. The van der Waals surface area contributed by atoms with Gasteiger partial charge >= 0.3 is 12.2 Å². The summed E-state index contributed by atoms with van der Waals surface area (Å²) < 4.78 is 67.2. The van der Waals surface area contributed by atoms with Gasteiger partial charge in [0.1, 0.15) is 12.1 Å². The van der Waals surface area contributed by atoms with Crippen LogP contribution >= 0.6 is 0 Å². The third-order valence-electron chi connectivity index (χ3n) is 6.53. The van der Waals surface area contributed by atoms with Gasteiger partial charge in [-0.2, -0.15) is 13.2 Å². The predicted molar refractivity (Wildman–Crippen MR) is 126 cm³/mol. The summed E-state index contributed by atoms with van der Waals surface area (Å²) >= 11 is 0. The maximum atomic E-state index is 13.2. The van der Waals surface area contributed by atoms with Gasteiger partial charge in [-0.15, -0.1) is 0 Å². The largest absolute Gasteiger partial charge is 0.405 e. The van der Waals surface area contributed by atoms with Crippen LogP contribution in [0.2, 0.25) is 0 Å². The number of rotatable bonds is 5. The van der Waals surface area contributed by atoms with Crippen LogP contribution in [0, 0.1) is 5.92 Å². The SMILES string of the molecule is CC[C@H]1CN(C(=O)NCC(F)(F)F)CC1n1cnc2cnc3c(ccn3S(=O)(=O)c3ccccc3)c21. The van der Waals surface area contributed by atoms with Crippen molar-refractivity contribution in [3.63, 3.8) is 0 Å². The summed E-state index contributed by atoms with van der Waals surface area (Å²) in [6, 6.07) is 8.65. The third-order valence-corrected chi connectivity index (χ3v) is 8.21. The molecule has 4 heterocycles. The fourth-order valence-electron chi connectivity index (χ4n) is 4.76. The molecular weight excluding hydrogens is 497 g/mol. The molecule has 3 aromatic heterocycles. The molecule has 1 unspecified atom stereocenters. The summed E-state index contributed by atoms with van der Waals surface area (Å²) in [5.74, 6) is -0.0302. The standard InChI is InChI=1S/C23H23F3N6O3S/c1-2-15-11-30(22(33)28-13-23(24,25)26)12-19(15)31-14-29-18-10-27-21-17(20(18)31)8-9-32(21)36(34,35)16-6-4-3-5-7-16/h3-10,14-15,19H,2,11-13H2,1H3,(H,28,33)/t15-,19?/m0/s1. The first-order valence-electron chi connectivity index (χ1n) is 11.3. The highest BCUT2D eigenvalue weighted by atomic mass is 32.2. The minimum atomic E-state index is -4.49. The number of nitrogens with one attached hydrogen (secondary N) is 1. The third kappa shape index (κ3) is 4.16. The molecule has 1 aliphatic heterocycles. The van der Waals surface area contributed by atoms with Gasteiger partial charge in [-0.05, 0) is 30.5 Å². The summed E-state index contributed by atoms with van der Waals surface area (Å²) in [4.78, 5) is 22.7. The van der Waals surface area contributed by atoms with Gasteiger partial charge in [-0.1, -0.05) is 25.1 Å². The fraction of sp³-hybridized carbons (Fsp3) is 0.348. The van der Waals surface area contributed by atoms with Crippen molar-refractivity contribution in [2.75, 3.05) is 19.6 Å². The van der Waals surface area contributed by atoms with Crippen molar-refractivity contribution < 1.29 is 26.4 Å². The topological polar surface area (TPSA) is 102 Å². The van der Waals surface area contributed by atoms with E-state index >= 15 is 0 Å². The van der Waals surface area contributed by atoms with E-state index in [2.05, 4.69) is 9.97 Å². The van der Waals surface area contributed by atoms with Crippen molar-refractivity contribution in [1.29, 1.82) is 0 Å². The van der Waals surface area contributed by atoms with Gasteiger partial charge < -0.3 is 14.8 Å². The van der Waals surface area contributed by atoms with Crippen LogP contribution in [-0.2, 0) is 10.0 Å². The van der Waals surface area contributed by atoms with Crippen molar-refractivity contribution in [2.45, 2.75) is 30.5 Å². The van der Waals surface area contributed by atoms with Crippen molar-refractivity contribution in [1.82, 2.24) is 28.7 Å². The monoisotopic (exact) mass is 520 g/mol. The van der Waals surface area contributed by atoms with Gasteiger partial charge in [0.2, 0.25) is 0 Å². The lowest BCUT2D eigenvalue weighted by Gasteiger charge is -2.19. The molecule has 1 fully saturated rings. The van der Waals surface area contributed by atoms with E-state index < -0.39 is 28.8 Å². The van der Waals surface area contributed by atoms with E-state index in [1.165, 1.54) is 29.4 Å². The normalized spacial score (nSPS) is 18.8. The number of hydrogen-bond donors (Lipinski definition) is 1. The summed E-state index contributed by atoms with van der Waals surface area (Å²) in [6.45, 7) is 1.05. The Bertz CT molecular complexity index is 1530. The Kier molecular flexibility index (Phi) is 5.89. The van der Waals surface area contributed by atoms with Crippen LogP contribution in [0.25, 0.3) is 22.1 Å². The summed E-state index contributed by atoms with van der Waals surface area (Å²) in [7, 11) is -3.89. The highest BCUT2D eigenvalue weighted by molar-refractivity contribution is 7.90. The van der Waals surface area contributed by atoms with E-state index in [0.29, 0.717) is 29.4 Å². The first-order chi connectivity index (χ1) is 17.1. The number of benzene rings is 1. The minimum absolute atomic E-state index is 0.0302. The van der Waals surface area contributed by atoms with Gasteiger partial charge in [0.05, 0.1) is 29.0 Å². The van der Waals surface area contributed by atoms with Crippen LogP contribution in [0.3, 0.4) is 0 Å². The van der Waals surface area contributed by atoms with Crippen molar-refractivity contribution >= 4 is 38.1 Å². The Morgan fingerprint density at radius 2 is 1.89 bits per heavy atom. The van der Waals surface area contributed by atoms with E-state index in [9.17, 15) is 26.4 Å². The van der Waals surface area contributed by atoms with Crippen LogP contribution in [0.5, 0.6) is 0 Å². The molecule has 36 heavy (non-hydrogen) atoms. The van der Waals surface area contributed by atoms with Gasteiger partial charge in [-0.25, -0.2) is 27.2 Å². The van der Waals surface area contributed by atoms with Crippen molar-refractivity contribution in [3.8, 4) is 0 Å². The van der Waals surface area contributed by atoms with Crippen molar-refractivity contribution in [3.05, 3.63) is 55.1 Å². The molecule has 1 saturated heterocycles. The number of hydrogen-bond acceptors (Lipinski definition) is 5. The Hall–Kier alpha value is -3.61. The maximum absolute atomic E-state index is 13.2. The zero-order valence-electron chi connectivity index (χ0n) is 19.2. The lowest BCUT2D eigenvalue weighted by Crippen LogP contribution is -2.42. The second kappa shape index (κ2) is 8.80. The molecule has 4 aromatic rings. The van der Waals surface area contributed by atoms with E-state index in [-0.39, 0.29) is 29.0 Å². The van der Waals surface area contributed by atoms with Crippen LogP contribution < -0.4 is 5.32 Å². The van der Waals surface area contributed by atoms with Gasteiger partial charge in [-0.3, -0.25) is 0 Å². The number of urea groups is 1. The second-order valence-corrected chi connectivity index (χ2v) is 10.5. The zero-order valence-corrected chi connectivity index (χ0v) is 20.0. The average molecular weight is 521 g/mol. The van der Waals surface area contributed by atoms with Gasteiger partial charge in [0.25, 0.3) is 10.0 Å². The Morgan fingerprint density at radius 3 is 2.58 bits per heavy atom. The fourth-order valence-corrected chi connectivity index (χ4v) is 6.08. The predicted octanol–water partition coefficient (Wildman–Crippen LogP) is 3.78. The number of likely N-dealkylation sites (tertiary alicyclic amines) is 1. The Labute approximate surface area is 204 Å². The highest BCUT2D eigenvalue weighted by Gasteiger charge is 2.37. The smallest absolute Gasteiger partial charge is 0.329 e. The molecular formula is C23H23F3N6O3S. The molecule has 0 bridgehead atoms. The van der Waals surface area contributed by atoms with Crippen LogP contribution in [-0.4, -0.2) is 63.7 Å². The molecule has 13 heteroatoms. The first kappa shape index (κ1) is 24.1. The lowest BCUT2D eigenvalue weighted by atomic mass is 10.0. The quantitative estimate of drug-likeness (QED) is 0.432. The molecule has 0 aliphatic carbocycles. The number of halogens is 3. The number of imidazole rings is 1. The van der Waals surface area contributed by atoms with Crippen LogP contribution in [0.4, 0.5) is 18.0 Å². The molecule has 2 amide bonds. The number of alkyl halides is 3. The number of fused-ring (bicyclic) bond motifs is 3. The number of pyridine rings is 1. The number of carbonyl (C=O) groups is 1. The molecule has 190 valence electrons. The summed E-state index contributed by atoms with van der Waals surface area (Å²) in [5.41, 5.74) is 1.44. The van der Waals surface area contributed by atoms with Crippen molar-refractivity contribution in [2.24, 2.45) is 5.92 Å². The van der Waals surface area contributed by atoms with E-state index in [1.807, 2.05) is 16.8 Å². The molecule has 0 radical (unpaired) electrons. The molecule has 0 spiro atoms. The van der Waals surface area contributed by atoms with Crippen LogP contribution in [0.15, 0.2) is 60.0 Å². The van der Waals surface area contributed by atoms with E-state index in [1.54, 1.807) is 30.6 Å². The van der Waals surface area contributed by atoms with E-state index in [0.717, 1.165) is 3.97 Å². The Balaban J connectivity index is 1.53. The zero-order chi connectivity index (χ0) is 25.7. The number of amides is 2. The molecule has 5 rings (SSSR count). The molecule has 2 atom stereocenters. The van der Waals surface area contributed by atoms with Gasteiger partial charge in [0.15, 0.2) is 5.65 Å². The number of carbonyl (C=O) groups excluding carboxylic acids is 1. The molecule has 9 nitrogen and oxygen atoms in total.